The van der Waals surface area contributed by atoms with Crippen LogP contribution in [0.5, 0.6) is 5.75 Å². The lowest BCUT2D eigenvalue weighted by Crippen LogP contribution is -1.99. The summed E-state index contributed by atoms with van der Waals surface area (Å²) in [6.07, 6.45) is 0.456. The molecule has 3 nitrogen and oxygen atoms in total. The van der Waals surface area contributed by atoms with Crippen LogP contribution in [0.3, 0.4) is 0 Å². The first kappa shape index (κ1) is 11.7. The molecular weight excluding hydrogens is 255 g/mol. The first-order valence-corrected chi connectivity index (χ1v) is 7.07. The fraction of sp³-hybridized carbons (Fsp3) is 0.400. The van der Waals surface area contributed by atoms with Crippen molar-refractivity contribution in [1.29, 1.82) is 0 Å². The molecule has 0 saturated heterocycles. The first-order valence-electron chi connectivity index (χ1n) is 4.70. The number of hydrogen-bond donors (Lipinski definition) is 0. The zero-order valence-corrected chi connectivity index (χ0v) is 10.1. The summed E-state index contributed by atoms with van der Waals surface area (Å²) in [5.74, 6) is -0.532. The molecule has 2 rings (SSSR count). The van der Waals surface area contributed by atoms with Crippen molar-refractivity contribution >= 4 is 19.7 Å². The van der Waals surface area contributed by atoms with Crippen LogP contribution in [-0.4, -0.2) is 20.8 Å². The van der Waals surface area contributed by atoms with Crippen LogP contribution in [-0.2, 0) is 9.05 Å². The largest absolute Gasteiger partial charge is 0.494 e. The lowest BCUT2D eigenvalue weighted by molar-refractivity contribution is 0.386. The van der Waals surface area contributed by atoms with Crippen LogP contribution in [0.25, 0.3) is 0 Å². The maximum absolute atomic E-state index is 13.4. The summed E-state index contributed by atoms with van der Waals surface area (Å²) in [4.78, 5) is 0. The van der Waals surface area contributed by atoms with E-state index in [2.05, 4.69) is 0 Å². The average Bonchev–Trinajstić information content (AvgIpc) is 2.96. The molecule has 0 amide bonds. The molecule has 0 aliphatic heterocycles. The Balaban J connectivity index is 2.22. The molecule has 6 heteroatoms. The molecule has 1 aliphatic rings. The Kier molecular flexibility index (Phi) is 2.84. The predicted molar refractivity (Wildman–Crippen MR) is 58.9 cm³/mol. The molecule has 2 atom stereocenters. The molecule has 0 aromatic heterocycles. The second kappa shape index (κ2) is 3.89. The summed E-state index contributed by atoms with van der Waals surface area (Å²) in [5.41, 5.74) is 0.646. The van der Waals surface area contributed by atoms with Crippen molar-refractivity contribution in [1.82, 2.24) is 0 Å². The van der Waals surface area contributed by atoms with E-state index in [-0.39, 0.29) is 11.7 Å². The minimum Gasteiger partial charge on any atom is -0.494 e. The van der Waals surface area contributed by atoms with Gasteiger partial charge in [0.1, 0.15) is 0 Å². The van der Waals surface area contributed by atoms with Gasteiger partial charge in [0, 0.05) is 16.6 Å². The van der Waals surface area contributed by atoms with Crippen LogP contribution < -0.4 is 4.74 Å². The van der Waals surface area contributed by atoms with E-state index in [1.807, 2.05) is 0 Å². The van der Waals surface area contributed by atoms with Gasteiger partial charge in [0.05, 0.1) is 12.4 Å². The molecule has 16 heavy (non-hydrogen) atoms. The highest BCUT2D eigenvalue weighted by Crippen LogP contribution is 2.47. The van der Waals surface area contributed by atoms with Crippen molar-refractivity contribution in [3.05, 3.63) is 29.6 Å². The van der Waals surface area contributed by atoms with Crippen LogP contribution in [0.2, 0.25) is 0 Å². The van der Waals surface area contributed by atoms with Gasteiger partial charge in [-0.05, 0) is 24.1 Å². The first-order chi connectivity index (χ1) is 7.43. The van der Waals surface area contributed by atoms with E-state index < -0.39 is 20.1 Å². The molecule has 2 unspecified atom stereocenters. The van der Waals surface area contributed by atoms with Gasteiger partial charge in [-0.15, -0.1) is 0 Å². The molecule has 0 heterocycles. The van der Waals surface area contributed by atoms with Gasteiger partial charge >= 0.3 is 0 Å². The van der Waals surface area contributed by atoms with Gasteiger partial charge in [-0.25, -0.2) is 12.8 Å². The summed E-state index contributed by atoms with van der Waals surface area (Å²) >= 11 is 0. The van der Waals surface area contributed by atoms with E-state index in [0.29, 0.717) is 12.0 Å². The van der Waals surface area contributed by atoms with Crippen molar-refractivity contribution in [2.45, 2.75) is 17.6 Å². The van der Waals surface area contributed by atoms with Crippen LogP contribution in [0.15, 0.2) is 18.2 Å². The van der Waals surface area contributed by atoms with Crippen molar-refractivity contribution < 1.29 is 17.5 Å². The van der Waals surface area contributed by atoms with Crippen LogP contribution in [0, 0.1) is 5.82 Å². The summed E-state index contributed by atoms with van der Waals surface area (Å²) in [6.45, 7) is 0. The third kappa shape index (κ3) is 2.15. The Morgan fingerprint density at radius 2 is 2.19 bits per heavy atom. The molecule has 0 radical (unpaired) electrons. The molecule has 0 N–H and O–H groups in total. The van der Waals surface area contributed by atoms with E-state index in [1.54, 1.807) is 6.07 Å². The summed E-state index contributed by atoms with van der Waals surface area (Å²) < 4.78 is 40.2. The fourth-order valence-corrected chi connectivity index (χ4v) is 3.32. The Hall–Kier alpha value is -0.810. The summed E-state index contributed by atoms with van der Waals surface area (Å²) in [7, 11) is 3.07. The molecular formula is C10H10ClFO3S. The number of rotatable bonds is 3. The lowest BCUT2D eigenvalue weighted by Gasteiger charge is -2.04. The molecule has 1 saturated carbocycles. The molecule has 1 fully saturated rings. The highest BCUT2D eigenvalue weighted by Gasteiger charge is 2.47. The third-order valence-corrected chi connectivity index (χ3v) is 4.63. The maximum atomic E-state index is 13.4. The van der Waals surface area contributed by atoms with E-state index >= 15 is 0 Å². The fourth-order valence-electron chi connectivity index (χ4n) is 1.75. The smallest absolute Gasteiger partial charge is 0.236 e. The summed E-state index contributed by atoms with van der Waals surface area (Å²) in [5, 5.41) is -0.582. The molecule has 1 aliphatic carbocycles. The Bertz CT molecular complexity index is 515. The van der Waals surface area contributed by atoms with Crippen molar-refractivity contribution in [3.63, 3.8) is 0 Å². The minimum absolute atomic E-state index is 0.148. The number of methoxy groups -OCH3 is 1. The quantitative estimate of drug-likeness (QED) is 0.787. The SMILES string of the molecule is COc1ccc(C2CC2S(=O)(=O)Cl)cc1F. The third-order valence-electron chi connectivity index (χ3n) is 2.70. The van der Waals surface area contributed by atoms with Gasteiger partial charge in [-0.2, -0.15) is 0 Å². The van der Waals surface area contributed by atoms with Crippen LogP contribution >= 0.6 is 10.7 Å². The average molecular weight is 265 g/mol. The minimum atomic E-state index is -3.54. The Morgan fingerprint density at radius 3 is 2.62 bits per heavy atom. The Morgan fingerprint density at radius 1 is 1.50 bits per heavy atom. The molecule has 1 aromatic rings. The van der Waals surface area contributed by atoms with Crippen LogP contribution in [0.4, 0.5) is 4.39 Å². The zero-order valence-electron chi connectivity index (χ0n) is 8.48. The predicted octanol–water partition coefficient (Wildman–Crippen LogP) is 2.26. The van der Waals surface area contributed by atoms with Crippen molar-refractivity contribution in [2.24, 2.45) is 0 Å². The van der Waals surface area contributed by atoms with E-state index in [4.69, 9.17) is 15.4 Å². The Labute approximate surface area is 97.6 Å². The molecule has 1 aromatic carbocycles. The highest BCUT2D eigenvalue weighted by atomic mass is 35.7. The van der Waals surface area contributed by atoms with E-state index in [1.165, 1.54) is 19.2 Å². The topological polar surface area (TPSA) is 43.4 Å². The second-order valence-electron chi connectivity index (χ2n) is 3.75. The van der Waals surface area contributed by atoms with Crippen molar-refractivity contribution in [2.75, 3.05) is 7.11 Å². The number of ether oxygens (including phenoxy) is 1. The zero-order chi connectivity index (χ0) is 11.9. The van der Waals surface area contributed by atoms with Gasteiger partial charge in [-0.3, -0.25) is 0 Å². The van der Waals surface area contributed by atoms with Gasteiger partial charge in [-0.1, -0.05) is 6.07 Å². The summed E-state index contributed by atoms with van der Waals surface area (Å²) in [6, 6.07) is 4.45. The van der Waals surface area contributed by atoms with E-state index in [9.17, 15) is 12.8 Å². The van der Waals surface area contributed by atoms with Gasteiger partial charge in [0.15, 0.2) is 11.6 Å². The van der Waals surface area contributed by atoms with Gasteiger partial charge < -0.3 is 4.74 Å². The highest BCUT2D eigenvalue weighted by molar-refractivity contribution is 8.14. The normalized spacial score (nSPS) is 24.2. The van der Waals surface area contributed by atoms with Crippen molar-refractivity contribution in [3.8, 4) is 5.75 Å². The number of benzene rings is 1. The van der Waals surface area contributed by atoms with Gasteiger partial charge in [0.25, 0.3) is 0 Å². The van der Waals surface area contributed by atoms with Gasteiger partial charge in [0.2, 0.25) is 9.05 Å². The second-order valence-corrected chi connectivity index (χ2v) is 6.60. The number of halogens is 2. The van der Waals surface area contributed by atoms with E-state index in [0.717, 1.165) is 0 Å². The number of hydrogen-bond acceptors (Lipinski definition) is 3. The molecule has 88 valence electrons. The molecule has 0 spiro atoms. The van der Waals surface area contributed by atoms with Crippen LogP contribution in [0.1, 0.15) is 17.9 Å². The monoisotopic (exact) mass is 264 g/mol. The lowest BCUT2D eigenvalue weighted by atomic mass is 10.1. The molecule has 0 bridgehead atoms. The standard InChI is InChI=1S/C10H10ClFO3S/c1-15-9-3-2-6(4-8(9)12)7-5-10(7)16(11,13)14/h2-4,7,10H,5H2,1H3. The maximum Gasteiger partial charge on any atom is 0.236 e.